The number of piperidine rings is 1. The fraction of sp³-hybridized carbons (Fsp3) is 0.889. The number of amides is 1. The highest BCUT2D eigenvalue weighted by Gasteiger charge is 2.42. The zero-order valence-corrected chi connectivity index (χ0v) is 9.00. The van der Waals surface area contributed by atoms with E-state index in [0.29, 0.717) is 0 Å². The average molecular weight is 234 g/mol. The zero-order valence-electron chi connectivity index (χ0n) is 9.00. The summed E-state index contributed by atoms with van der Waals surface area (Å²) < 4.78 is 0. The average Bonchev–Trinajstić information content (AvgIpc) is 2.25. The van der Waals surface area contributed by atoms with E-state index in [9.17, 15) is 15.0 Å². The molecule has 0 aromatic rings. The van der Waals surface area contributed by atoms with Gasteiger partial charge in [0, 0.05) is 6.92 Å². The van der Waals surface area contributed by atoms with Crippen LogP contribution < -0.4 is 10.6 Å². The van der Waals surface area contributed by atoms with E-state index in [2.05, 4.69) is 10.6 Å². The molecule has 6 N–H and O–H groups in total. The summed E-state index contributed by atoms with van der Waals surface area (Å²) in [7, 11) is 0. The van der Waals surface area contributed by atoms with E-state index in [1.54, 1.807) is 0 Å². The first-order valence-electron chi connectivity index (χ1n) is 5.12. The molecule has 1 amide bonds. The lowest BCUT2D eigenvalue weighted by Crippen LogP contribution is -2.70. The van der Waals surface area contributed by atoms with Gasteiger partial charge in [0.15, 0.2) is 0 Å². The van der Waals surface area contributed by atoms with Crippen LogP contribution in [0.2, 0.25) is 0 Å². The van der Waals surface area contributed by atoms with Gasteiger partial charge in [0.2, 0.25) is 5.91 Å². The van der Waals surface area contributed by atoms with Gasteiger partial charge in [-0.3, -0.25) is 4.79 Å². The molecule has 0 spiro atoms. The van der Waals surface area contributed by atoms with Gasteiger partial charge in [-0.05, 0) is 0 Å². The molecular weight excluding hydrogens is 216 g/mol. The van der Waals surface area contributed by atoms with E-state index in [1.807, 2.05) is 0 Å². The predicted molar refractivity (Wildman–Crippen MR) is 54.5 cm³/mol. The SMILES string of the molecule is CC(=O)N[C@@H]1[C@@H](O)[C@H](O)[C@@H](CO)N[C@H]1CO. The summed E-state index contributed by atoms with van der Waals surface area (Å²) in [5.41, 5.74) is 0. The fourth-order valence-electron chi connectivity index (χ4n) is 1.91. The molecule has 1 heterocycles. The normalized spacial score (nSPS) is 39.4. The summed E-state index contributed by atoms with van der Waals surface area (Å²) in [6, 6.07) is -2.09. The molecule has 94 valence electrons. The molecule has 1 saturated heterocycles. The number of rotatable bonds is 3. The molecule has 1 aliphatic rings. The largest absolute Gasteiger partial charge is 0.395 e. The highest BCUT2D eigenvalue weighted by atomic mass is 16.3. The van der Waals surface area contributed by atoms with Crippen LogP contribution in [0.4, 0.5) is 0 Å². The number of aliphatic hydroxyl groups excluding tert-OH is 4. The maximum absolute atomic E-state index is 10.9. The Morgan fingerprint density at radius 3 is 2.19 bits per heavy atom. The minimum Gasteiger partial charge on any atom is -0.395 e. The predicted octanol–water partition coefficient (Wildman–Crippen LogP) is -3.46. The van der Waals surface area contributed by atoms with Crippen LogP contribution in [0, 0.1) is 0 Å². The van der Waals surface area contributed by atoms with Gasteiger partial charge in [0.25, 0.3) is 0 Å². The summed E-state index contributed by atoms with van der Waals surface area (Å²) in [5, 5.41) is 42.7. The van der Waals surface area contributed by atoms with Crippen molar-refractivity contribution in [3.05, 3.63) is 0 Å². The van der Waals surface area contributed by atoms with Crippen LogP contribution in [0.15, 0.2) is 0 Å². The molecule has 0 aliphatic carbocycles. The van der Waals surface area contributed by atoms with E-state index in [1.165, 1.54) is 6.92 Å². The van der Waals surface area contributed by atoms with Gasteiger partial charge < -0.3 is 31.1 Å². The van der Waals surface area contributed by atoms with Crippen LogP contribution in [0.5, 0.6) is 0 Å². The number of carbonyl (C=O) groups excluding carboxylic acids is 1. The summed E-state index contributed by atoms with van der Waals surface area (Å²) in [6.45, 7) is 0.610. The lowest BCUT2D eigenvalue weighted by atomic mass is 9.88. The second kappa shape index (κ2) is 5.55. The Labute approximate surface area is 93.1 Å². The van der Waals surface area contributed by atoms with Crippen LogP contribution in [0.3, 0.4) is 0 Å². The van der Waals surface area contributed by atoms with Crippen molar-refractivity contribution < 1.29 is 25.2 Å². The van der Waals surface area contributed by atoms with Crippen LogP contribution in [0.25, 0.3) is 0 Å². The standard InChI is InChI=1S/C9H18N2O5/c1-4(14)10-7-5(2-12)11-6(3-13)8(15)9(7)16/h5-9,11-13,15-16H,2-3H2,1H3,(H,10,14)/t5-,6+,7-,8+,9+/m0/s1. The van der Waals surface area contributed by atoms with Gasteiger partial charge in [-0.25, -0.2) is 0 Å². The van der Waals surface area contributed by atoms with Crippen LogP contribution in [-0.4, -0.2) is 69.9 Å². The Kier molecular flexibility index (Phi) is 4.63. The van der Waals surface area contributed by atoms with E-state index in [-0.39, 0.29) is 19.1 Å². The molecule has 5 atom stereocenters. The fourth-order valence-corrected chi connectivity index (χ4v) is 1.91. The van der Waals surface area contributed by atoms with Gasteiger partial charge in [-0.1, -0.05) is 0 Å². The zero-order chi connectivity index (χ0) is 12.3. The summed E-state index contributed by atoms with van der Waals surface area (Å²) >= 11 is 0. The Hall–Kier alpha value is -0.730. The summed E-state index contributed by atoms with van der Waals surface area (Å²) in [6.07, 6.45) is -2.41. The first kappa shape index (κ1) is 13.3. The van der Waals surface area contributed by atoms with Crippen LogP contribution in [0.1, 0.15) is 6.92 Å². The van der Waals surface area contributed by atoms with Crippen molar-refractivity contribution in [2.24, 2.45) is 0 Å². The minimum atomic E-state index is -1.22. The highest BCUT2D eigenvalue weighted by Crippen LogP contribution is 2.15. The van der Waals surface area contributed by atoms with E-state index < -0.39 is 30.3 Å². The van der Waals surface area contributed by atoms with Crippen molar-refractivity contribution in [2.45, 2.75) is 37.3 Å². The maximum Gasteiger partial charge on any atom is 0.217 e. The van der Waals surface area contributed by atoms with Crippen molar-refractivity contribution in [3.8, 4) is 0 Å². The first-order valence-corrected chi connectivity index (χ1v) is 5.12. The Morgan fingerprint density at radius 1 is 1.19 bits per heavy atom. The van der Waals surface area contributed by atoms with Gasteiger partial charge in [0.05, 0.1) is 37.4 Å². The Morgan fingerprint density at radius 2 is 1.75 bits per heavy atom. The second-order valence-electron chi connectivity index (χ2n) is 3.95. The van der Waals surface area contributed by atoms with Crippen molar-refractivity contribution >= 4 is 5.91 Å². The molecule has 0 aromatic carbocycles. The molecular formula is C9H18N2O5. The topological polar surface area (TPSA) is 122 Å². The van der Waals surface area contributed by atoms with Crippen LogP contribution in [-0.2, 0) is 4.79 Å². The van der Waals surface area contributed by atoms with Crippen molar-refractivity contribution in [1.82, 2.24) is 10.6 Å². The number of hydrogen-bond donors (Lipinski definition) is 6. The molecule has 0 unspecified atom stereocenters. The van der Waals surface area contributed by atoms with Gasteiger partial charge in [-0.2, -0.15) is 0 Å². The van der Waals surface area contributed by atoms with Crippen molar-refractivity contribution in [2.75, 3.05) is 13.2 Å². The highest BCUT2D eigenvalue weighted by molar-refractivity contribution is 5.73. The number of aliphatic hydroxyl groups is 4. The molecule has 0 radical (unpaired) electrons. The third-order valence-electron chi connectivity index (χ3n) is 2.76. The summed E-state index contributed by atoms with van der Waals surface area (Å²) in [5.74, 6) is -0.362. The molecule has 1 fully saturated rings. The van der Waals surface area contributed by atoms with Gasteiger partial charge in [0.1, 0.15) is 6.10 Å². The van der Waals surface area contributed by atoms with E-state index >= 15 is 0 Å². The molecule has 0 aromatic heterocycles. The quantitative estimate of drug-likeness (QED) is 0.302. The molecule has 1 aliphatic heterocycles. The lowest BCUT2D eigenvalue weighted by Gasteiger charge is -2.42. The van der Waals surface area contributed by atoms with Gasteiger partial charge >= 0.3 is 0 Å². The molecule has 7 heteroatoms. The number of carbonyl (C=O) groups is 1. The number of nitrogens with one attached hydrogen (secondary N) is 2. The smallest absolute Gasteiger partial charge is 0.217 e. The maximum atomic E-state index is 10.9. The monoisotopic (exact) mass is 234 g/mol. The first-order chi connectivity index (χ1) is 7.51. The lowest BCUT2D eigenvalue weighted by molar-refractivity contribution is -0.124. The third kappa shape index (κ3) is 2.69. The van der Waals surface area contributed by atoms with E-state index in [4.69, 9.17) is 10.2 Å². The second-order valence-corrected chi connectivity index (χ2v) is 3.95. The Balaban J connectivity index is 2.77. The number of hydrogen-bond acceptors (Lipinski definition) is 6. The molecule has 0 bridgehead atoms. The third-order valence-corrected chi connectivity index (χ3v) is 2.76. The van der Waals surface area contributed by atoms with E-state index in [0.717, 1.165) is 0 Å². The molecule has 7 nitrogen and oxygen atoms in total. The Bertz CT molecular complexity index is 248. The van der Waals surface area contributed by atoms with Crippen molar-refractivity contribution in [3.63, 3.8) is 0 Å². The van der Waals surface area contributed by atoms with Crippen molar-refractivity contribution in [1.29, 1.82) is 0 Å². The minimum absolute atomic E-state index is 0.314. The summed E-state index contributed by atoms with van der Waals surface area (Å²) in [4.78, 5) is 10.9. The molecule has 0 saturated carbocycles. The van der Waals surface area contributed by atoms with Crippen LogP contribution >= 0.6 is 0 Å². The van der Waals surface area contributed by atoms with Gasteiger partial charge in [-0.15, -0.1) is 0 Å². The molecule has 1 rings (SSSR count). The molecule has 16 heavy (non-hydrogen) atoms.